The standard InChI is InChI=1S/C17H19NO3/c1-12-9-15(19)8-7-14(12)10-16(18)17(20)21-11-13-5-3-2-4-6-13/h2-9,16,19H,10-11,18H2,1H3. The molecule has 2 aromatic carbocycles. The zero-order valence-electron chi connectivity index (χ0n) is 12.0. The van der Waals surface area contributed by atoms with Gasteiger partial charge in [0, 0.05) is 0 Å². The van der Waals surface area contributed by atoms with Gasteiger partial charge in [0.15, 0.2) is 0 Å². The summed E-state index contributed by atoms with van der Waals surface area (Å²) < 4.78 is 5.21. The highest BCUT2D eigenvalue weighted by molar-refractivity contribution is 5.76. The molecule has 110 valence electrons. The molecule has 0 saturated carbocycles. The molecule has 0 heterocycles. The second-order valence-corrected chi connectivity index (χ2v) is 5.01. The molecular formula is C17H19NO3. The van der Waals surface area contributed by atoms with Gasteiger partial charge in [-0.25, -0.2) is 0 Å². The van der Waals surface area contributed by atoms with Crippen LogP contribution in [-0.4, -0.2) is 17.1 Å². The molecule has 4 heteroatoms. The van der Waals surface area contributed by atoms with E-state index in [0.29, 0.717) is 6.42 Å². The fraction of sp³-hybridized carbons (Fsp3) is 0.235. The number of benzene rings is 2. The van der Waals surface area contributed by atoms with Crippen LogP contribution in [0.5, 0.6) is 5.75 Å². The van der Waals surface area contributed by atoms with Crippen molar-refractivity contribution in [3.8, 4) is 5.75 Å². The molecule has 0 aliphatic heterocycles. The number of esters is 1. The third-order valence-corrected chi connectivity index (χ3v) is 3.29. The number of aryl methyl sites for hydroxylation is 1. The summed E-state index contributed by atoms with van der Waals surface area (Å²) in [5, 5.41) is 9.37. The van der Waals surface area contributed by atoms with Crippen LogP contribution in [0.25, 0.3) is 0 Å². The van der Waals surface area contributed by atoms with E-state index in [1.54, 1.807) is 18.2 Å². The van der Waals surface area contributed by atoms with Crippen molar-refractivity contribution in [3.05, 3.63) is 65.2 Å². The van der Waals surface area contributed by atoms with Crippen molar-refractivity contribution >= 4 is 5.97 Å². The normalized spacial score (nSPS) is 11.9. The zero-order chi connectivity index (χ0) is 15.2. The van der Waals surface area contributed by atoms with Crippen LogP contribution >= 0.6 is 0 Å². The number of nitrogens with two attached hydrogens (primary N) is 1. The summed E-state index contributed by atoms with van der Waals surface area (Å²) in [5.74, 6) is -0.220. The summed E-state index contributed by atoms with van der Waals surface area (Å²) in [4.78, 5) is 11.9. The van der Waals surface area contributed by atoms with Crippen LogP contribution in [0.3, 0.4) is 0 Å². The lowest BCUT2D eigenvalue weighted by molar-refractivity contribution is -0.146. The van der Waals surface area contributed by atoms with Crippen molar-refractivity contribution in [2.75, 3.05) is 0 Å². The van der Waals surface area contributed by atoms with E-state index in [1.807, 2.05) is 37.3 Å². The summed E-state index contributed by atoms with van der Waals surface area (Å²) in [6, 6.07) is 13.8. The monoisotopic (exact) mass is 285 g/mol. The third kappa shape index (κ3) is 4.33. The molecule has 0 aliphatic rings. The largest absolute Gasteiger partial charge is 0.508 e. The Morgan fingerprint density at radius 1 is 1.24 bits per heavy atom. The Morgan fingerprint density at radius 3 is 2.62 bits per heavy atom. The second kappa shape index (κ2) is 6.90. The zero-order valence-corrected chi connectivity index (χ0v) is 12.0. The lowest BCUT2D eigenvalue weighted by Gasteiger charge is -2.13. The molecule has 1 atom stereocenters. The predicted molar refractivity (Wildman–Crippen MR) is 80.8 cm³/mol. The van der Waals surface area contributed by atoms with Crippen LogP contribution in [0, 0.1) is 6.92 Å². The fourth-order valence-corrected chi connectivity index (χ4v) is 2.07. The quantitative estimate of drug-likeness (QED) is 0.827. The highest BCUT2D eigenvalue weighted by Crippen LogP contribution is 2.17. The number of hydrogen-bond acceptors (Lipinski definition) is 4. The molecule has 0 radical (unpaired) electrons. The smallest absolute Gasteiger partial charge is 0.323 e. The Morgan fingerprint density at radius 2 is 1.95 bits per heavy atom. The maximum Gasteiger partial charge on any atom is 0.323 e. The minimum absolute atomic E-state index is 0.205. The van der Waals surface area contributed by atoms with Gasteiger partial charge in [-0.1, -0.05) is 36.4 Å². The Labute approximate surface area is 124 Å². The Kier molecular flexibility index (Phi) is 4.95. The maximum absolute atomic E-state index is 11.9. The number of rotatable bonds is 5. The molecule has 21 heavy (non-hydrogen) atoms. The highest BCUT2D eigenvalue weighted by Gasteiger charge is 2.16. The van der Waals surface area contributed by atoms with Gasteiger partial charge >= 0.3 is 5.97 Å². The molecule has 4 nitrogen and oxygen atoms in total. The Balaban J connectivity index is 1.90. The van der Waals surface area contributed by atoms with Crippen LogP contribution in [0.2, 0.25) is 0 Å². The van der Waals surface area contributed by atoms with Crippen LogP contribution in [0.1, 0.15) is 16.7 Å². The average molecular weight is 285 g/mol. The molecule has 0 bridgehead atoms. The number of aromatic hydroxyl groups is 1. The first kappa shape index (κ1) is 15.1. The first-order chi connectivity index (χ1) is 10.1. The van der Waals surface area contributed by atoms with Crippen LogP contribution in [-0.2, 0) is 22.6 Å². The molecule has 0 fully saturated rings. The van der Waals surface area contributed by atoms with E-state index in [-0.39, 0.29) is 12.4 Å². The van der Waals surface area contributed by atoms with Gasteiger partial charge in [-0.05, 0) is 42.2 Å². The highest BCUT2D eigenvalue weighted by atomic mass is 16.5. The van der Waals surface area contributed by atoms with Gasteiger partial charge in [-0.3, -0.25) is 4.79 Å². The topological polar surface area (TPSA) is 72.5 Å². The first-order valence-electron chi connectivity index (χ1n) is 6.81. The maximum atomic E-state index is 11.9. The Bertz CT molecular complexity index is 611. The van der Waals surface area contributed by atoms with E-state index < -0.39 is 12.0 Å². The van der Waals surface area contributed by atoms with Crippen molar-refractivity contribution in [1.29, 1.82) is 0 Å². The molecule has 2 rings (SSSR count). The Hall–Kier alpha value is -2.33. The summed E-state index contributed by atoms with van der Waals surface area (Å²) in [5.41, 5.74) is 8.64. The van der Waals surface area contributed by atoms with Crippen molar-refractivity contribution in [1.82, 2.24) is 0 Å². The summed E-state index contributed by atoms with van der Waals surface area (Å²) in [7, 11) is 0. The lowest BCUT2D eigenvalue weighted by atomic mass is 10.0. The first-order valence-corrected chi connectivity index (χ1v) is 6.81. The van der Waals surface area contributed by atoms with E-state index in [9.17, 15) is 9.90 Å². The van der Waals surface area contributed by atoms with Crippen LogP contribution < -0.4 is 5.73 Å². The average Bonchev–Trinajstić information content (AvgIpc) is 2.48. The van der Waals surface area contributed by atoms with Gasteiger partial charge in [0.25, 0.3) is 0 Å². The van der Waals surface area contributed by atoms with Crippen molar-refractivity contribution in [2.24, 2.45) is 5.73 Å². The van der Waals surface area contributed by atoms with Crippen LogP contribution in [0.15, 0.2) is 48.5 Å². The predicted octanol–water partition coefficient (Wildman–Crippen LogP) is 2.31. The molecule has 0 saturated heterocycles. The van der Waals surface area contributed by atoms with E-state index in [2.05, 4.69) is 0 Å². The number of phenolic OH excluding ortho intramolecular Hbond substituents is 1. The molecule has 0 spiro atoms. The molecule has 0 aliphatic carbocycles. The van der Waals surface area contributed by atoms with Gasteiger partial charge in [0.2, 0.25) is 0 Å². The third-order valence-electron chi connectivity index (χ3n) is 3.29. The van der Waals surface area contributed by atoms with E-state index in [4.69, 9.17) is 10.5 Å². The number of phenols is 1. The SMILES string of the molecule is Cc1cc(O)ccc1CC(N)C(=O)OCc1ccccc1. The van der Waals surface area contributed by atoms with Gasteiger partial charge in [0.1, 0.15) is 18.4 Å². The molecular weight excluding hydrogens is 266 g/mol. The molecule has 3 N–H and O–H groups in total. The van der Waals surface area contributed by atoms with E-state index in [0.717, 1.165) is 16.7 Å². The van der Waals surface area contributed by atoms with Crippen LogP contribution in [0.4, 0.5) is 0 Å². The minimum atomic E-state index is -0.711. The van der Waals surface area contributed by atoms with Gasteiger partial charge < -0.3 is 15.6 Å². The number of hydrogen-bond donors (Lipinski definition) is 2. The van der Waals surface area contributed by atoms with Gasteiger partial charge in [0.05, 0.1) is 0 Å². The molecule has 0 aromatic heterocycles. The summed E-state index contributed by atoms with van der Waals surface area (Å²) in [6.07, 6.45) is 0.389. The van der Waals surface area contributed by atoms with Gasteiger partial charge in [-0.15, -0.1) is 0 Å². The lowest BCUT2D eigenvalue weighted by Crippen LogP contribution is -2.34. The number of carbonyl (C=O) groups is 1. The molecule has 0 amide bonds. The van der Waals surface area contributed by atoms with E-state index >= 15 is 0 Å². The van der Waals surface area contributed by atoms with Crippen molar-refractivity contribution < 1.29 is 14.6 Å². The fourth-order valence-electron chi connectivity index (χ4n) is 2.07. The van der Waals surface area contributed by atoms with Crippen molar-refractivity contribution in [2.45, 2.75) is 26.0 Å². The van der Waals surface area contributed by atoms with E-state index in [1.165, 1.54) is 0 Å². The second-order valence-electron chi connectivity index (χ2n) is 5.01. The van der Waals surface area contributed by atoms with Gasteiger partial charge in [-0.2, -0.15) is 0 Å². The molecule has 2 aromatic rings. The minimum Gasteiger partial charge on any atom is -0.508 e. The summed E-state index contributed by atoms with van der Waals surface area (Å²) in [6.45, 7) is 2.10. The number of carbonyl (C=O) groups excluding carboxylic acids is 1. The van der Waals surface area contributed by atoms with Crippen molar-refractivity contribution in [3.63, 3.8) is 0 Å². The molecule has 1 unspecified atom stereocenters. The number of ether oxygens (including phenoxy) is 1. The summed E-state index contributed by atoms with van der Waals surface area (Å²) >= 11 is 0.